The predicted molar refractivity (Wildman–Crippen MR) is 78.8 cm³/mol. The lowest BCUT2D eigenvalue weighted by atomic mass is 10.0. The summed E-state index contributed by atoms with van der Waals surface area (Å²) < 4.78 is 1.59. The molecule has 20 heavy (non-hydrogen) atoms. The molecule has 0 aliphatic carbocycles. The van der Waals surface area contributed by atoms with Gasteiger partial charge in [0.1, 0.15) is 0 Å². The van der Waals surface area contributed by atoms with Crippen molar-refractivity contribution >= 4 is 17.7 Å². The number of thioether (sulfide) groups is 1. The van der Waals surface area contributed by atoms with Gasteiger partial charge in [-0.05, 0) is 25.2 Å². The highest BCUT2D eigenvalue weighted by Crippen LogP contribution is 2.19. The molecule has 1 saturated heterocycles. The van der Waals surface area contributed by atoms with Crippen LogP contribution in [0.15, 0.2) is 9.95 Å². The molecule has 1 atom stereocenters. The summed E-state index contributed by atoms with van der Waals surface area (Å²) in [4.78, 5) is 25.7. The number of likely N-dealkylation sites (tertiary alicyclic amines) is 1. The third kappa shape index (κ3) is 3.65. The number of rotatable bonds is 5. The molecule has 0 bridgehead atoms. The third-order valence-electron chi connectivity index (χ3n) is 3.50. The van der Waals surface area contributed by atoms with Gasteiger partial charge in [0, 0.05) is 19.6 Å². The van der Waals surface area contributed by atoms with Gasteiger partial charge in [-0.3, -0.25) is 9.36 Å². The molecular formula is C13H22N4O2S. The highest BCUT2D eigenvalue weighted by Gasteiger charge is 2.21. The summed E-state index contributed by atoms with van der Waals surface area (Å²) in [7, 11) is 0. The van der Waals surface area contributed by atoms with E-state index in [-0.39, 0.29) is 11.6 Å². The average Bonchev–Trinajstić information content (AvgIpc) is 2.78. The van der Waals surface area contributed by atoms with Crippen LogP contribution in [0.3, 0.4) is 0 Å². The minimum atomic E-state index is -0.201. The number of piperidine rings is 1. The van der Waals surface area contributed by atoms with E-state index in [2.05, 4.69) is 17.1 Å². The highest BCUT2D eigenvalue weighted by molar-refractivity contribution is 7.99. The Kier molecular flexibility index (Phi) is 5.28. The van der Waals surface area contributed by atoms with Gasteiger partial charge < -0.3 is 4.90 Å². The van der Waals surface area contributed by atoms with Crippen molar-refractivity contribution in [3.63, 3.8) is 0 Å². The second-order valence-corrected chi connectivity index (χ2v) is 6.28. The van der Waals surface area contributed by atoms with E-state index in [0.717, 1.165) is 25.9 Å². The molecule has 1 aromatic rings. The summed E-state index contributed by atoms with van der Waals surface area (Å²) in [6.45, 7) is 6.52. The van der Waals surface area contributed by atoms with Crippen molar-refractivity contribution in [2.45, 2.75) is 44.8 Å². The zero-order valence-corrected chi connectivity index (χ0v) is 12.9. The molecule has 0 radical (unpaired) electrons. The molecule has 6 nitrogen and oxygen atoms in total. The van der Waals surface area contributed by atoms with Crippen LogP contribution in [-0.4, -0.2) is 44.4 Å². The lowest BCUT2D eigenvalue weighted by molar-refractivity contribution is -0.130. The first-order valence-corrected chi connectivity index (χ1v) is 8.16. The molecule has 1 aliphatic heterocycles. The van der Waals surface area contributed by atoms with E-state index < -0.39 is 0 Å². The van der Waals surface area contributed by atoms with Crippen molar-refractivity contribution in [2.75, 3.05) is 18.8 Å². The summed E-state index contributed by atoms with van der Waals surface area (Å²) in [5, 5.41) is 7.03. The van der Waals surface area contributed by atoms with Gasteiger partial charge in [-0.1, -0.05) is 25.6 Å². The first kappa shape index (κ1) is 15.2. The number of H-pyrrole nitrogens is 1. The van der Waals surface area contributed by atoms with Crippen molar-refractivity contribution in [3.8, 4) is 0 Å². The standard InChI is InChI=1S/C13H22N4O2S/c1-3-6-17-12(19)14-15-13(17)20-9-11(18)16-7-4-5-10(2)8-16/h10H,3-9H2,1-2H3,(H,14,19). The molecule has 1 aromatic heterocycles. The van der Waals surface area contributed by atoms with Crippen molar-refractivity contribution < 1.29 is 4.79 Å². The summed E-state index contributed by atoms with van der Waals surface area (Å²) in [5.74, 6) is 1.07. The zero-order chi connectivity index (χ0) is 14.5. The number of carbonyl (C=O) groups excluding carboxylic acids is 1. The Labute approximate surface area is 122 Å². The number of carbonyl (C=O) groups is 1. The van der Waals surface area contributed by atoms with Crippen LogP contribution in [0.1, 0.15) is 33.1 Å². The maximum atomic E-state index is 12.2. The number of hydrogen-bond donors (Lipinski definition) is 1. The molecule has 2 rings (SSSR count). The molecule has 0 saturated carbocycles. The fraction of sp³-hybridized carbons (Fsp3) is 0.769. The molecule has 2 heterocycles. The van der Waals surface area contributed by atoms with E-state index >= 15 is 0 Å². The number of nitrogens with one attached hydrogen (secondary N) is 1. The predicted octanol–water partition coefficient (Wildman–Crippen LogP) is 1.33. The Hall–Kier alpha value is -1.24. The largest absolute Gasteiger partial charge is 0.343 e. The van der Waals surface area contributed by atoms with E-state index in [4.69, 9.17) is 0 Å². The molecule has 0 aromatic carbocycles. The monoisotopic (exact) mass is 298 g/mol. The maximum Gasteiger partial charge on any atom is 0.343 e. The van der Waals surface area contributed by atoms with Crippen molar-refractivity contribution in [2.24, 2.45) is 5.92 Å². The number of nitrogens with zero attached hydrogens (tertiary/aromatic N) is 3. The highest BCUT2D eigenvalue weighted by atomic mass is 32.2. The Balaban J connectivity index is 1.91. The molecular weight excluding hydrogens is 276 g/mol. The van der Waals surface area contributed by atoms with Gasteiger partial charge in [-0.15, -0.1) is 5.10 Å². The maximum absolute atomic E-state index is 12.2. The van der Waals surface area contributed by atoms with Gasteiger partial charge in [-0.2, -0.15) is 0 Å². The van der Waals surface area contributed by atoms with Gasteiger partial charge in [-0.25, -0.2) is 9.89 Å². The fourth-order valence-electron chi connectivity index (χ4n) is 2.47. The zero-order valence-electron chi connectivity index (χ0n) is 12.1. The fourth-order valence-corrected chi connectivity index (χ4v) is 3.34. The van der Waals surface area contributed by atoms with Crippen molar-refractivity contribution in [1.29, 1.82) is 0 Å². The molecule has 0 spiro atoms. The average molecular weight is 298 g/mol. The smallest absolute Gasteiger partial charge is 0.342 e. The van der Waals surface area contributed by atoms with Crippen molar-refractivity contribution in [1.82, 2.24) is 19.7 Å². The van der Waals surface area contributed by atoms with E-state index in [1.807, 2.05) is 11.8 Å². The van der Waals surface area contributed by atoms with Crippen LogP contribution in [0.25, 0.3) is 0 Å². The summed E-state index contributed by atoms with van der Waals surface area (Å²) in [6, 6.07) is 0. The van der Waals surface area contributed by atoms with Crippen LogP contribution in [-0.2, 0) is 11.3 Å². The van der Waals surface area contributed by atoms with Gasteiger partial charge >= 0.3 is 5.69 Å². The van der Waals surface area contributed by atoms with E-state index in [1.54, 1.807) is 4.57 Å². The molecule has 1 fully saturated rings. The van der Waals surface area contributed by atoms with E-state index in [9.17, 15) is 9.59 Å². The molecule has 1 unspecified atom stereocenters. The topological polar surface area (TPSA) is 71.0 Å². The van der Waals surface area contributed by atoms with Gasteiger partial charge in [0.05, 0.1) is 5.75 Å². The van der Waals surface area contributed by atoms with E-state index in [0.29, 0.717) is 23.4 Å². The second kappa shape index (κ2) is 6.97. The first-order chi connectivity index (χ1) is 9.61. The Morgan fingerprint density at radius 2 is 2.35 bits per heavy atom. The first-order valence-electron chi connectivity index (χ1n) is 7.17. The third-order valence-corrected chi connectivity index (χ3v) is 4.47. The normalized spacial score (nSPS) is 19.3. The van der Waals surface area contributed by atoms with E-state index in [1.165, 1.54) is 18.2 Å². The summed E-state index contributed by atoms with van der Waals surface area (Å²) >= 11 is 1.34. The van der Waals surface area contributed by atoms with Crippen LogP contribution in [0.2, 0.25) is 0 Å². The minimum absolute atomic E-state index is 0.139. The summed E-state index contributed by atoms with van der Waals surface area (Å²) in [5.41, 5.74) is -0.201. The van der Waals surface area contributed by atoms with Crippen LogP contribution >= 0.6 is 11.8 Å². The van der Waals surface area contributed by atoms with Crippen LogP contribution in [0.4, 0.5) is 0 Å². The number of aromatic amines is 1. The quantitative estimate of drug-likeness (QED) is 0.833. The second-order valence-electron chi connectivity index (χ2n) is 5.34. The number of aromatic nitrogens is 3. The minimum Gasteiger partial charge on any atom is -0.342 e. The van der Waals surface area contributed by atoms with Gasteiger partial charge in [0.25, 0.3) is 0 Å². The Morgan fingerprint density at radius 3 is 3.05 bits per heavy atom. The van der Waals surface area contributed by atoms with Crippen LogP contribution < -0.4 is 5.69 Å². The Morgan fingerprint density at radius 1 is 1.55 bits per heavy atom. The van der Waals surface area contributed by atoms with Crippen molar-refractivity contribution in [3.05, 3.63) is 10.5 Å². The summed E-state index contributed by atoms with van der Waals surface area (Å²) in [6.07, 6.45) is 3.15. The SMILES string of the molecule is CCCn1c(SCC(=O)N2CCCC(C)C2)n[nH]c1=O. The van der Waals surface area contributed by atoms with Gasteiger partial charge in [0.2, 0.25) is 5.91 Å². The molecule has 112 valence electrons. The molecule has 7 heteroatoms. The molecule has 1 aliphatic rings. The molecule has 1 amide bonds. The molecule has 1 N–H and O–H groups in total. The lowest BCUT2D eigenvalue weighted by Gasteiger charge is -2.30. The van der Waals surface area contributed by atoms with Crippen LogP contribution in [0, 0.1) is 5.92 Å². The van der Waals surface area contributed by atoms with Gasteiger partial charge in [0.15, 0.2) is 5.16 Å². The number of hydrogen-bond acceptors (Lipinski definition) is 4. The lowest BCUT2D eigenvalue weighted by Crippen LogP contribution is -2.40. The Bertz CT molecular complexity index is 511. The van der Waals surface area contributed by atoms with Crippen LogP contribution in [0.5, 0.6) is 0 Å². The number of amides is 1.